The van der Waals surface area contributed by atoms with Crippen LogP contribution in [0.15, 0.2) is 25.3 Å². The summed E-state index contributed by atoms with van der Waals surface area (Å²) in [6, 6.07) is 0. The molecule has 0 atom stereocenters. The van der Waals surface area contributed by atoms with Crippen LogP contribution < -0.4 is 0 Å². The van der Waals surface area contributed by atoms with Gasteiger partial charge in [-0.05, 0) is 18.8 Å². The van der Waals surface area contributed by atoms with E-state index in [0.29, 0.717) is 12.3 Å². The van der Waals surface area contributed by atoms with Crippen LogP contribution in [-0.4, -0.2) is 6.29 Å². The van der Waals surface area contributed by atoms with Gasteiger partial charge in [-0.2, -0.15) is 0 Å². The van der Waals surface area contributed by atoms with E-state index in [1.807, 2.05) is 12.2 Å². The third kappa shape index (κ3) is 4.07. The highest BCUT2D eigenvalue weighted by Gasteiger charge is 2.01. The third-order valence-electron chi connectivity index (χ3n) is 1.43. The molecule has 0 radical (unpaired) electrons. The maximum absolute atomic E-state index is 10.1. The van der Waals surface area contributed by atoms with Crippen LogP contribution in [-0.2, 0) is 4.79 Å². The van der Waals surface area contributed by atoms with E-state index in [2.05, 4.69) is 13.2 Å². The minimum absolute atomic E-state index is 0.424. The molecule has 0 unspecified atom stereocenters. The van der Waals surface area contributed by atoms with Crippen LogP contribution in [0.2, 0.25) is 0 Å². The average molecular weight is 138 g/mol. The Kier molecular flexibility index (Phi) is 5.74. The molecule has 1 nitrogen and oxygen atoms in total. The SMILES string of the molecule is C=CCC(CC=C)CC=O. The number of carbonyl (C=O) groups is 1. The highest BCUT2D eigenvalue weighted by molar-refractivity contribution is 5.49. The summed E-state index contributed by atoms with van der Waals surface area (Å²) in [4.78, 5) is 10.1. The van der Waals surface area contributed by atoms with Crippen LogP contribution in [0.3, 0.4) is 0 Å². The minimum Gasteiger partial charge on any atom is -0.303 e. The largest absolute Gasteiger partial charge is 0.303 e. The Bertz CT molecular complexity index is 92.1. The van der Waals surface area contributed by atoms with Crippen LogP contribution in [0.1, 0.15) is 19.3 Å². The lowest BCUT2D eigenvalue weighted by Gasteiger charge is -2.06. The number of allylic oxidation sites excluding steroid dienone is 2. The zero-order valence-electron chi connectivity index (χ0n) is 6.25. The summed E-state index contributed by atoms with van der Waals surface area (Å²) in [6.07, 6.45) is 7.08. The van der Waals surface area contributed by atoms with E-state index in [9.17, 15) is 4.79 Å². The number of aldehydes is 1. The second kappa shape index (κ2) is 6.27. The van der Waals surface area contributed by atoms with Gasteiger partial charge < -0.3 is 4.79 Å². The highest BCUT2D eigenvalue weighted by atomic mass is 16.1. The first-order valence-electron chi connectivity index (χ1n) is 3.50. The molecule has 0 aromatic rings. The van der Waals surface area contributed by atoms with Crippen molar-refractivity contribution in [3.63, 3.8) is 0 Å². The molecule has 1 heteroatoms. The van der Waals surface area contributed by atoms with Gasteiger partial charge in [0, 0.05) is 6.42 Å². The first-order chi connectivity index (χ1) is 4.85. The molecule has 0 saturated carbocycles. The van der Waals surface area contributed by atoms with Gasteiger partial charge in [-0.25, -0.2) is 0 Å². The molecule has 0 amide bonds. The van der Waals surface area contributed by atoms with E-state index in [1.165, 1.54) is 0 Å². The zero-order chi connectivity index (χ0) is 7.82. The van der Waals surface area contributed by atoms with Crippen molar-refractivity contribution < 1.29 is 4.79 Å². The molecule has 0 fully saturated rings. The lowest BCUT2D eigenvalue weighted by atomic mass is 9.99. The van der Waals surface area contributed by atoms with Crippen molar-refractivity contribution in [3.05, 3.63) is 25.3 Å². The first-order valence-corrected chi connectivity index (χ1v) is 3.50. The van der Waals surface area contributed by atoms with Gasteiger partial charge in [0.15, 0.2) is 0 Å². The summed E-state index contributed by atoms with van der Waals surface area (Å²) in [5.41, 5.74) is 0. The normalized spacial score (nSPS) is 9.30. The van der Waals surface area contributed by atoms with Crippen molar-refractivity contribution in [3.8, 4) is 0 Å². The molecule has 56 valence electrons. The van der Waals surface area contributed by atoms with Crippen LogP contribution in [0.5, 0.6) is 0 Å². The summed E-state index contributed by atoms with van der Waals surface area (Å²) in [6.45, 7) is 7.23. The Morgan fingerprint density at radius 3 is 1.90 bits per heavy atom. The Morgan fingerprint density at radius 1 is 1.10 bits per heavy atom. The molecule has 0 spiro atoms. The molecule has 0 aliphatic rings. The quantitative estimate of drug-likeness (QED) is 0.406. The van der Waals surface area contributed by atoms with Crippen LogP contribution in [0.4, 0.5) is 0 Å². The Labute approximate surface area is 62.4 Å². The number of hydrogen-bond acceptors (Lipinski definition) is 1. The van der Waals surface area contributed by atoms with Crippen LogP contribution >= 0.6 is 0 Å². The predicted octanol–water partition coefficient (Wildman–Crippen LogP) is 2.34. The molecule has 0 saturated heterocycles. The van der Waals surface area contributed by atoms with E-state index < -0.39 is 0 Å². The van der Waals surface area contributed by atoms with E-state index in [-0.39, 0.29) is 0 Å². The molecule has 0 N–H and O–H groups in total. The fraction of sp³-hybridized carbons (Fsp3) is 0.444. The van der Waals surface area contributed by atoms with Gasteiger partial charge in [0.1, 0.15) is 6.29 Å². The lowest BCUT2D eigenvalue weighted by molar-refractivity contribution is -0.108. The molecule has 10 heavy (non-hydrogen) atoms. The van der Waals surface area contributed by atoms with Crippen LogP contribution in [0, 0.1) is 5.92 Å². The third-order valence-corrected chi connectivity index (χ3v) is 1.43. The maximum Gasteiger partial charge on any atom is 0.120 e. The highest BCUT2D eigenvalue weighted by Crippen LogP contribution is 2.12. The van der Waals surface area contributed by atoms with Gasteiger partial charge in [-0.1, -0.05) is 12.2 Å². The molecule has 0 rings (SSSR count). The summed E-state index contributed by atoms with van der Waals surface area (Å²) in [5.74, 6) is 0.424. The van der Waals surface area contributed by atoms with E-state index >= 15 is 0 Å². The van der Waals surface area contributed by atoms with Crippen molar-refractivity contribution >= 4 is 6.29 Å². The molecule has 0 aromatic carbocycles. The Balaban J connectivity index is 3.58. The van der Waals surface area contributed by atoms with E-state index in [1.54, 1.807) is 0 Å². The summed E-state index contributed by atoms with van der Waals surface area (Å²) >= 11 is 0. The smallest absolute Gasteiger partial charge is 0.120 e. The summed E-state index contributed by atoms with van der Waals surface area (Å²) in [7, 11) is 0. The van der Waals surface area contributed by atoms with Crippen molar-refractivity contribution in [2.24, 2.45) is 5.92 Å². The zero-order valence-corrected chi connectivity index (χ0v) is 6.25. The molecule has 0 bridgehead atoms. The molecule has 0 aliphatic heterocycles. The fourth-order valence-electron chi connectivity index (χ4n) is 0.896. The Morgan fingerprint density at radius 2 is 1.60 bits per heavy atom. The molecular weight excluding hydrogens is 124 g/mol. The van der Waals surface area contributed by atoms with Gasteiger partial charge in [0.2, 0.25) is 0 Å². The first kappa shape index (κ1) is 9.15. The number of carbonyl (C=O) groups excluding carboxylic acids is 1. The molecule has 0 aliphatic carbocycles. The van der Waals surface area contributed by atoms with Crippen molar-refractivity contribution in [2.75, 3.05) is 0 Å². The summed E-state index contributed by atoms with van der Waals surface area (Å²) in [5, 5.41) is 0. The minimum atomic E-state index is 0.424. The van der Waals surface area contributed by atoms with Gasteiger partial charge in [0.05, 0.1) is 0 Å². The second-order valence-corrected chi connectivity index (χ2v) is 2.32. The van der Waals surface area contributed by atoms with Crippen molar-refractivity contribution in [1.82, 2.24) is 0 Å². The van der Waals surface area contributed by atoms with Gasteiger partial charge in [-0.15, -0.1) is 13.2 Å². The van der Waals surface area contributed by atoms with E-state index in [4.69, 9.17) is 0 Å². The van der Waals surface area contributed by atoms with Gasteiger partial charge >= 0.3 is 0 Å². The van der Waals surface area contributed by atoms with Gasteiger partial charge in [-0.3, -0.25) is 0 Å². The number of rotatable bonds is 6. The number of hydrogen-bond donors (Lipinski definition) is 0. The topological polar surface area (TPSA) is 17.1 Å². The molecular formula is C9H14O. The Hall–Kier alpha value is -0.850. The fourth-order valence-corrected chi connectivity index (χ4v) is 0.896. The molecule has 0 heterocycles. The average Bonchev–Trinajstić information content (AvgIpc) is 1.90. The van der Waals surface area contributed by atoms with E-state index in [0.717, 1.165) is 19.1 Å². The summed E-state index contributed by atoms with van der Waals surface area (Å²) < 4.78 is 0. The van der Waals surface area contributed by atoms with Crippen LogP contribution in [0.25, 0.3) is 0 Å². The standard InChI is InChI=1S/C9H14O/c1-3-5-9(6-4-2)7-8-10/h3-4,8-9H,1-2,5-7H2. The lowest BCUT2D eigenvalue weighted by Crippen LogP contribution is -1.97. The monoisotopic (exact) mass is 138 g/mol. The molecule has 0 aromatic heterocycles. The van der Waals surface area contributed by atoms with Crippen molar-refractivity contribution in [2.45, 2.75) is 19.3 Å². The second-order valence-electron chi connectivity index (χ2n) is 2.32. The maximum atomic E-state index is 10.1. The van der Waals surface area contributed by atoms with Gasteiger partial charge in [0.25, 0.3) is 0 Å². The van der Waals surface area contributed by atoms with Crippen molar-refractivity contribution in [1.29, 1.82) is 0 Å². The predicted molar refractivity (Wildman–Crippen MR) is 43.8 cm³/mol.